The molecule has 1 heterocycles. The number of carbonyl (C=O) groups excluding carboxylic acids is 1. The number of carbonyl (C=O) groups is 1. The van der Waals surface area contributed by atoms with Crippen LogP contribution in [0.4, 0.5) is 0 Å². The van der Waals surface area contributed by atoms with Gasteiger partial charge in [0.25, 0.3) is 0 Å². The molecule has 1 fully saturated rings. The maximum absolute atomic E-state index is 12.2. The maximum Gasteiger partial charge on any atom is 0.239 e. The van der Waals surface area contributed by atoms with Gasteiger partial charge in [-0.15, -0.1) is 0 Å². The molecule has 3 heteroatoms. The van der Waals surface area contributed by atoms with Crippen LogP contribution in [0.1, 0.15) is 40.5 Å². The van der Waals surface area contributed by atoms with E-state index in [0.29, 0.717) is 12.0 Å². The average Bonchev–Trinajstić information content (AvgIpc) is 2.65. The van der Waals surface area contributed by atoms with Crippen LogP contribution in [-0.2, 0) is 4.79 Å². The van der Waals surface area contributed by atoms with Crippen molar-refractivity contribution in [1.82, 2.24) is 10.2 Å². The van der Waals surface area contributed by atoms with E-state index in [2.05, 4.69) is 33.0 Å². The Hall–Kier alpha value is -0.570. The zero-order valence-corrected chi connectivity index (χ0v) is 10.4. The van der Waals surface area contributed by atoms with E-state index in [-0.39, 0.29) is 11.9 Å². The molecule has 88 valence electrons. The van der Waals surface area contributed by atoms with Gasteiger partial charge in [-0.2, -0.15) is 0 Å². The van der Waals surface area contributed by atoms with Gasteiger partial charge in [-0.05, 0) is 18.8 Å². The van der Waals surface area contributed by atoms with Crippen LogP contribution in [0.5, 0.6) is 0 Å². The highest BCUT2D eigenvalue weighted by Crippen LogP contribution is 2.13. The van der Waals surface area contributed by atoms with Crippen LogP contribution in [0, 0.1) is 5.92 Å². The molecule has 0 aromatic heterocycles. The van der Waals surface area contributed by atoms with Gasteiger partial charge in [-0.25, -0.2) is 0 Å². The Balaban J connectivity index is 2.57. The first-order valence-electron chi connectivity index (χ1n) is 6.07. The number of likely N-dealkylation sites (tertiary alicyclic amines) is 1. The monoisotopic (exact) mass is 212 g/mol. The highest BCUT2D eigenvalue weighted by Gasteiger charge is 2.28. The summed E-state index contributed by atoms with van der Waals surface area (Å²) < 4.78 is 0. The molecule has 1 amide bonds. The van der Waals surface area contributed by atoms with Crippen LogP contribution in [0.15, 0.2) is 0 Å². The Bertz CT molecular complexity index is 208. The normalized spacial score (nSPS) is 18.9. The number of nitrogens with one attached hydrogen (secondary N) is 1. The first-order valence-corrected chi connectivity index (χ1v) is 6.07. The summed E-state index contributed by atoms with van der Waals surface area (Å²) in [7, 11) is 0. The van der Waals surface area contributed by atoms with Crippen molar-refractivity contribution in [2.75, 3.05) is 13.1 Å². The minimum Gasteiger partial charge on any atom is -0.341 e. The average molecular weight is 212 g/mol. The van der Waals surface area contributed by atoms with Gasteiger partial charge in [0.2, 0.25) is 5.91 Å². The lowest BCUT2D eigenvalue weighted by Crippen LogP contribution is -2.50. The Morgan fingerprint density at radius 1 is 1.13 bits per heavy atom. The van der Waals surface area contributed by atoms with Gasteiger partial charge < -0.3 is 10.2 Å². The highest BCUT2D eigenvalue weighted by atomic mass is 16.2. The molecular weight excluding hydrogens is 188 g/mol. The van der Waals surface area contributed by atoms with Crippen molar-refractivity contribution in [3.05, 3.63) is 0 Å². The van der Waals surface area contributed by atoms with Gasteiger partial charge in [0, 0.05) is 19.1 Å². The zero-order valence-electron chi connectivity index (χ0n) is 10.4. The Morgan fingerprint density at radius 3 is 2.07 bits per heavy atom. The Morgan fingerprint density at radius 2 is 1.67 bits per heavy atom. The van der Waals surface area contributed by atoms with Gasteiger partial charge in [-0.3, -0.25) is 4.79 Å². The summed E-state index contributed by atoms with van der Waals surface area (Å²) in [5.74, 6) is 0.650. The predicted molar refractivity (Wildman–Crippen MR) is 62.7 cm³/mol. The standard InChI is InChI=1S/C12H24N2O/c1-9(2)11(13-10(3)4)12(15)14-7-5-6-8-14/h9-11,13H,5-8H2,1-4H3/t11-/m0/s1. The van der Waals surface area contributed by atoms with E-state index < -0.39 is 0 Å². The minimum atomic E-state index is -0.0110. The molecule has 3 nitrogen and oxygen atoms in total. The van der Waals surface area contributed by atoms with Crippen molar-refractivity contribution in [1.29, 1.82) is 0 Å². The summed E-state index contributed by atoms with van der Waals surface area (Å²) in [5, 5.41) is 3.36. The van der Waals surface area contributed by atoms with Gasteiger partial charge in [0.05, 0.1) is 6.04 Å². The first kappa shape index (κ1) is 12.5. The van der Waals surface area contributed by atoms with E-state index >= 15 is 0 Å². The Labute approximate surface area is 93.2 Å². The lowest BCUT2D eigenvalue weighted by molar-refractivity contribution is -0.133. The van der Waals surface area contributed by atoms with Crippen LogP contribution in [0.25, 0.3) is 0 Å². The smallest absolute Gasteiger partial charge is 0.239 e. The summed E-state index contributed by atoms with van der Waals surface area (Å²) in [6.07, 6.45) is 2.33. The summed E-state index contributed by atoms with van der Waals surface area (Å²) in [5.41, 5.74) is 0. The second-order valence-corrected chi connectivity index (χ2v) is 5.08. The number of hydrogen-bond donors (Lipinski definition) is 1. The molecule has 0 spiro atoms. The maximum atomic E-state index is 12.2. The van der Waals surface area contributed by atoms with Gasteiger partial charge in [0.1, 0.15) is 0 Å². The SMILES string of the molecule is CC(C)N[C@H](C(=O)N1CCCC1)C(C)C. The largest absolute Gasteiger partial charge is 0.341 e. The molecule has 1 aliphatic rings. The van der Waals surface area contributed by atoms with Crippen molar-refractivity contribution in [2.45, 2.75) is 52.6 Å². The molecule has 1 N–H and O–H groups in total. The predicted octanol–water partition coefficient (Wildman–Crippen LogP) is 1.63. The third-order valence-corrected chi connectivity index (χ3v) is 2.86. The van der Waals surface area contributed by atoms with Crippen molar-refractivity contribution < 1.29 is 4.79 Å². The fraction of sp³-hybridized carbons (Fsp3) is 0.917. The van der Waals surface area contributed by atoms with E-state index in [0.717, 1.165) is 25.9 Å². The lowest BCUT2D eigenvalue weighted by atomic mass is 10.0. The summed E-state index contributed by atoms with van der Waals surface area (Å²) in [6.45, 7) is 10.3. The molecule has 0 radical (unpaired) electrons. The van der Waals surface area contributed by atoms with Crippen LogP contribution in [0.3, 0.4) is 0 Å². The number of hydrogen-bond acceptors (Lipinski definition) is 2. The molecule has 0 aliphatic carbocycles. The molecule has 1 aliphatic heterocycles. The van der Waals surface area contributed by atoms with Crippen molar-refractivity contribution in [3.8, 4) is 0 Å². The molecule has 1 rings (SSSR count). The van der Waals surface area contributed by atoms with Gasteiger partial charge >= 0.3 is 0 Å². The molecular formula is C12H24N2O. The van der Waals surface area contributed by atoms with E-state index in [9.17, 15) is 4.79 Å². The van der Waals surface area contributed by atoms with E-state index in [1.165, 1.54) is 0 Å². The van der Waals surface area contributed by atoms with Crippen LogP contribution in [0.2, 0.25) is 0 Å². The van der Waals surface area contributed by atoms with Gasteiger partial charge in [0.15, 0.2) is 0 Å². The lowest BCUT2D eigenvalue weighted by Gasteiger charge is -2.28. The summed E-state index contributed by atoms with van der Waals surface area (Å²) in [4.78, 5) is 14.2. The summed E-state index contributed by atoms with van der Waals surface area (Å²) >= 11 is 0. The van der Waals surface area contributed by atoms with Crippen molar-refractivity contribution in [2.24, 2.45) is 5.92 Å². The third kappa shape index (κ3) is 3.49. The zero-order chi connectivity index (χ0) is 11.4. The number of amides is 1. The molecule has 0 bridgehead atoms. The molecule has 0 unspecified atom stereocenters. The number of nitrogens with zero attached hydrogens (tertiary/aromatic N) is 1. The van der Waals surface area contributed by atoms with Crippen LogP contribution in [-0.4, -0.2) is 36.0 Å². The molecule has 15 heavy (non-hydrogen) atoms. The Kier molecular flexibility index (Phi) is 4.58. The molecule has 1 atom stereocenters. The van der Waals surface area contributed by atoms with Crippen molar-refractivity contribution in [3.63, 3.8) is 0 Å². The quantitative estimate of drug-likeness (QED) is 0.768. The van der Waals surface area contributed by atoms with E-state index in [4.69, 9.17) is 0 Å². The molecule has 0 aromatic rings. The number of rotatable bonds is 4. The minimum absolute atomic E-state index is 0.0110. The topological polar surface area (TPSA) is 32.3 Å². The summed E-state index contributed by atoms with van der Waals surface area (Å²) in [6, 6.07) is 0.354. The molecule has 0 aromatic carbocycles. The highest BCUT2D eigenvalue weighted by molar-refractivity contribution is 5.82. The molecule has 1 saturated heterocycles. The second kappa shape index (κ2) is 5.50. The second-order valence-electron chi connectivity index (χ2n) is 5.08. The van der Waals surface area contributed by atoms with E-state index in [1.807, 2.05) is 4.90 Å². The fourth-order valence-corrected chi connectivity index (χ4v) is 2.04. The first-order chi connectivity index (χ1) is 7.02. The van der Waals surface area contributed by atoms with Crippen LogP contribution < -0.4 is 5.32 Å². The fourth-order valence-electron chi connectivity index (χ4n) is 2.04. The van der Waals surface area contributed by atoms with Crippen molar-refractivity contribution >= 4 is 5.91 Å². The van der Waals surface area contributed by atoms with E-state index in [1.54, 1.807) is 0 Å². The molecule has 0 saturated carbocycles. The van der Waals surface area contributed by atoms with Gasteiger partial charge in [-0.1, -0.05) is 27.7 Å². The third-order valence-electron chi connectivity index (χ3n) is 2.86. The van der Waals surface area contributed by atoms with Crippen LogP contribution >= 0.6 is 0 Å².